The van der Waals surface area contributed by atoms with E-state index < -0.39 is 0 Å². The van der Waals surface area contributed by atoms with Gasteiger partial charge in [0.1, 0.15) is 5.01 Å². The smallest absolute Gasteiger partial charge is 0.123 e. The summed E-state index contributed by atoms with van der Waals surface area (Å²) in [4.78, 5) is 5.68. The third-order valence-electron chi connectivity index (χ3n) is 3.42. The fourth-order valence-corrected chi connectivity index (χ4v) is 3.25. The first-order valence-corrected chi connectivity index (χ1v) is 7.86. The first-order valence-electron chi connectivity index (χ1n) is 7.04. The van der Waals surface area contributed by atoms with Gasteiger partial charge in [0.2, 0.25) is 0 Å². The van der Waals surface area contributed by atoms with E-state index in [0.29, 0.717) is 5.92 Å². The lowest BCUT2D eigenvalue weighted by molar-refractivity contribution is 0.283. The Kier molecular flexibility index (Phi) is 4.31. The summed E-state index contributed by atoms with van der Waals surface area (Å²) in [6, 6.07) is 8.60. The summed E-state index contributed by atoms with van der Waals surface area (Å²) < 4.78 is 0. The Labute approximate surface area is 125 Å². The molecule has 0 saturated carbocycles. The third-order valence-corrected chi connectivity index (χ3v) is 4.52. The highest BCUT2D eigenvalue weighted by molar-refractivity contribution is 7.15. The number of aliphatic hydroxyl groups excluding tert-OH is 1. The Balaban J connectivity index is 2.37. The number of hydrogen-bond acceptors (Lipinski definition) is 3. The quantitative estimate of drug-likeness (QED) is 0.886. The van der Waals surface area contributed by atoms with E-state index in [2.05, 4.69) is 58.9 Å². The first-order chi connectivity index (χ1) is 9.32. The van der Waals surface area contributed by atoms with E-state index in [9.17, 15) is 5.11 Å². The highest BCUT2D eigenvalue weighted by Gasteiger charge is 2.16. The molecule has 0 spiro atoms. The zero-order valence-electron chi connectivity index (χ0n) is 12.9. The SMILES string of the molecule is CC(C)c1nc(-c2ccc(C(C)(C)C)cc2)sc1CO. The van der Waals surface area contributed by atoms with Crippen molar-refractivity contribution in [2.24, 2.45) is 0 Å². The van der Waals surface area contributed by atoms with E-state index in [1.807, 2.05) is 0 Å². The summed E-state index contributed by atoms with van der Waals surface area (Å²) in [5.41, 5.74) is 3.64. The van der Waals surface area contributed by atoms with Gasteiger partial charge < -0.3 is 5.11 Å². The molecule has 20 heavy (non-hydrogen) atoms. The van der Waals surface area contributed by atoms with Crippen LogP contribution in [0.25, 0.3) is 10.6 Å². The Morgan fingerprint density at radius 1 is 1.15 bits per heavy atom. The second-order valence-electron chi connectivity index (χ2n) is 6.47. The van der Waals surface area contributed by atoms with Crippen LogP contribution < -0.4 is 0 Å². The molecule has 2 nitrogen and oxygen atoms in total. The van der Waals surface area contributed by atoms with E-state index in [1.165, 1.54) is 5.56 Å². The zero-order chi connectivity index (χ0) is 14.9. The molecule has 0 unspecified atom stereocenters. The number of hydrogen-bond donors (Lipinski definition) is 1. The molecule has 0 aliphatic carbocycles. The molecular weight excluding hydrogens is 266 g/mol. The molecule has 1 heterocycles. The van der Waals surface area contributed by atoms with Gasteiger partial charge in [-0.1, -0.05) is 58.9 Å². The maximum absolute atomic E-state index is 9.45. The van der Waals surface area contributed by atoms with Crippen molar-refractivity contribution in [3.63, 3.8) is 0 Å². The second-order valence-corrected chi connectivity index (χ2v) is 7.55. The predicted molar refractivity (Wildman–Crippen MR) is 86.3 cm³/mol. The van der Waals surface area contributed by atoms with Gasteiger partial charge in [0, 0.05) is 5.56 Å². The number of aromatic nitrogens is 1. The predicted octanol–water partition coefficient (Wildman–Crippen LogP) is 4.72. The van der Waals surface area contributed by atoms with Crippen molar-refractivity contribution in [1.82, 2.24) is 4.98 Å². The zero-order valence-corrected chi connectivity index (χ0v) is 13.7. The van der Waals surface area contributed by atoms with E-state index in [-0.39, 0.29) is 12.0 Å². The summed E-state index contributed by atoms with van der Waals surface area (Å²) in [7, 11) is 0. The summed E-state index contributed by atoms with van der Waals surface area (Å²) in [5.74, 6) is 0.344. The molecule has 0 aliphatic rings. The maximum atomic E-state index is 9.45. The minimum absolute atomic E-state index is 0.0747. The van der Waals surface area contributed by atoms with Crippen molar-refractivity contribution >= 4 is 11.3 Å². The number of benzene rings is 1. The molecule has 3 heteroatoms. The van der Waals surface area contributed by atoms with Crippen LogP contribution in [0.1, 0.15) is 56.7 Å². The van der Waals surface area contributed by atoms with Gasteiger partial charge in [-0.2, -0.15) is 0 Å². The fraction of sp³-hybridized carbons (Fsp3) is 0.471. The van der Waals surface area contributed by atoms with Crippen LogP contribution in [0.4, 0.5) is 0 Å². The average molecular weight is 289 g/mol. The van der Waals surface area contributed by atoms with Gasteiger partial charge in [-0.15, -0.1) is 11.3 Å². The molecule has 0 amide bonds. The molecule has 108 valence electrons. The lowest BCUT2D eigenvalue weighted by Crippen LogP contribution is -2.10. The summed E-state index contributed by atoms with van der Waals surface area (Å²) >= 11 is 1.59. The van der Waals surface area contributed by atoms with E-state index in [0.717, 1.165) is 21.1 Å². The Bertz CT molecular complexity index is 576. The van der Waals surface area contributed by atoms with Crippen molar-refractivity contribution in [2.75, 3.05) is 0 Å². The van der Waals surface area contributed by atoms with Crippen LogP contribution in [0.5, 0.6) is 0 Å². The molecule has 1 N–H and O–H groups in total. The summed E-state index contributed by atoms with van der Waals surface area (Å²) in [6.07, 6.45) is 0. The monoisotopic (exact) mass is 289 g/mol. The standard InChI is InChI=1S/C17H23NOS/c1-11(2)15-14(10-19)20-16(18-15)12-6-8-13(9-7-12)17(3,4)5/h6-9,11,19H,10H2,1-5H3. The molecule has 0 saturated heterocycles. The summed E-state index contributed by atoms with van der Waals surface area (Å²) in [6.45, 7) is 10.9. The van der Waals surface area contributed by atoms with Crippen LogP contribution in [0.2, 0.25) is 0 Å². The molecule has 2 aromatic rings. The lowest BCUT2D eigenvalue weighted by Gasteiger charge is -2.18. The Morgan fingerprint density at radius 3 is 2.15 bits per heavy atom. The lowest BCUT2D eigenvalue weighted by atomic mass is 9.87. The van der Waals surface area contributed by atoms with Crippen molar-refractivity contribution < 1.29 is 5.11 Å². The molecule has 1 aromatic carbocycles. The topological polar surface area (TPSA) is 33.1 Å². The summed E-state index contributed by atoms with van der Waals surface area (Å²) in [5, 5.41) is 10.4. The maximum Gasteiger partial charge on any atom is 0.123 e. The molecule has 0 atom stereocenters. The highest BCUT2D eigenvalue weighted by atomic mass is 32.1. The average Bonchev–Trinajstić information content (AvgIpc) is 2.82. The molecule has 2 rings (SSSR count). The van der Waals surface area contributed by atoms with Crippen LogP contribution in [-0.2, 0) is 12.0 Å². The molecule has 0 bridgehead atoms. The molecule has 0 aliphatic heterocycles. The van der Waals surface area contributed by atoms with Crippen molar-refractivity contribution in [3.8, 4) is 10.6 Å². The third kappa shape index (κ3) is 3.10. The minimum atomic E-state index is 0.0747. The van der Waals surface area contributed by atoms with E-state index >= 15 is 0 Å². The number of aliphatic hydroxyl groups is 1. The normalized spacial score (nSPS) is 12.2. The van der Waals surface area contributed by atoms with Crippen molar-refractivity contribution in [3.05, 3.63) is 40.4 Å². The van der Waals surface area contributed by atoms with Gasteiger partial charge >= 0.3 is 0 Å². The largest absolute Gasteiger partial charge is 0.391 e. The second kappa shape index (κ2) is 5.66. The number of thiazole rings is 1. The van der Waals surface area contributed by atoms with Crippen LogP contribution >= 0.6 is 11.3 Å². The molecular formula is C17H23NOS. The van der Waals surface area contributed by atoms with Crippen LogP contribution in [0.3, 0.4) is 0 Å². The van der Waals surface area contributed by atoms with Gasteiger partial charge in [0.15, 0.2) is 0 Å². The van der Waals surface area contributed by atoms with Crippen LogP contribution in [-0.4, -0.2) is 10.1 Å². The van der Waals surface area contributed by atoms with Crippen LogP contribution in [0.15, 0.2) is 24.3 Å². The van der Waals surface area contributed by atoms with Crippen molar-refractivity contribution in [2.45, 2.75) is 52.6 Å². The van der Waals surface area contributed by atoms with E-state index in [1.54, 1.807) is 11.3 Å². The van der Waals surface area contributed by atoms with Crippen molar-refractivity contribution in [1.29, 1.82) is 0 Å². The molecule has 1 aromatic heterocycles. The Morgan fingerprint density at radius 2 is 1.75 bits per heavy atom. The highest BCUT2D eigenvalue weighted by Crippen LogP contribution is 2.33. The van der Waals surface area contributed by atoms with E-state index in [4.69, 9.17) is 4.98 Å². The van der Waals surface area contributed by atoms with Gasteiger partial charge in [0.25, 0.3) is 0 Å². The van der Waals surface area contributed by atoms with Gasteiger partial charge in [-0.3, -0.25) is 0 Å². The molecule has 0 radical (unpaired) electrons. The number of rotatable bonds is 3. The minimum Gasteiger partial charge on any atom is -0.391 e. The first kappa shape index (κ1) is 15.2. The molecule has 0 fully saturated rings. The fourth-order valence-electron chi connectivity index (χ4n) is 2.16. The van der Waals surface area contributed by atoms with Gasteiger partial charge in [-0.05, 0) is 16.9 Å². The number of nitrogens with zero attached hydrogens (tertiary/aromatic N) is 1. The van der Waals surface area contributed by atoms with Gasteiger partial charge in [-0.25, -0.2) is 4.98 Å². The van der Waals surface area contributed by atoms with Gasteiger partial charge in [0.05, 0.1) is 17.2 Å². The Hall–Kier alpha value is -1.19. The van der Waals surface area contributed by atoms with Crippen LogP contribution in [0, 0.1) is 0 Å².